The van der Waals surface area contributed by atoms with Crippen LogP contribution < -0.4 is 5.32 Å². The second-order valence-corrected chi connectivity index (χ2v) is 6.78. The van der Waals surface area contributed by atoms with E-state index in [-0.39, 0.29) is 24.8 Å². The zero-order valence-corrected chi connectivity index (χ0v) is 15.1. The molecule has 28 heavy (non-hydrogen) atoms. The average Bonchev–Trinajstić information content (AvgIpc) is 2.85. The Morgan fingerprint density at radius 3 is 2.39 bits per heavy atom. The number of carbonyl (C=O) groups is 2. The van der Waals surface area contributed by atoms with Crippen LogP contribution >= 0.6 is 0 Å². The number of rotatable bonds is 3. The minimum absolute atomic E-state index is 0.0957. The predicted octanol–water partition coefficient (Wildman–Crippen LogP) is 3.94. The zero-order valence-electron chi connectivity index (χ0n) is 15.1. The van der Waals surface area contributed by atoms with Gasteiger partial charge in [-0.25, -0.2) is 4.39 Å². The van der Waals surface area contributed by atoms with E-state index in [9.17, 15) is 14.0 Å². The molecule has 0 aromatic heterocycles. The van der Waals surface area contributed by atoms with E-state index in [2.05, 4.69) is 5.32 Å². The quantitative estimate of drug-likeness (QED) is 0.755. The Bertz CT molecular complexity index is 1010. The monoisotopic (exact) mass is 374 g/mol. The van der Waals surface area contributed by atoms with Gasteiger partial charge in [-0.15, -0.1) is 0 Å². The van der Waals surface area contributed by atoms with Crippen molar-refractivity contribution >= 4 is 17.5 Å². The van der Waals surface area contributed by atoms with Gasteiger partial charge in [0.05, 0.1) is 12.5 Å². The number of anilines is 1. The molecule has 1 N–H and O–H groups in total. The summed E-state index contributed by atoms with van der Waals surface area (Å²) < 4.78 is 14.1. The van der Waals surface area contributed by atoms with Crippen molar-refractivity contribution in [3.8, 4) is 0 Å². The summed E-state index contributed by atoms with van der Waals surface area (Å²) in [7, 11) is 0. The lowest BCUT2D eigenvalue weighted by Gasteiger charge is -2.30. The van der Waals surface area contributed by atoms with E-state index in [0.29, 0.717) is 11.3 Å². The molecule has 0 fully saturated rings. The highest BCUT2D eigenvalue weighted by atomic mass is 19.1. The van der Waals surface area contributed by atoms with Crippen molar-refractivity contribution < 1.29 is 14.0 Å². The SMILES string of the molecule is O=C1CN(C(=O)Cc2ccccc2)C(c2ccccc2)c2cc(F)ccc2N1. The number of amides is 2. The minimum atomic E-state index is -0.554. The number of hydrogen-bond acceptors (Lipinski definition) is 2. The molecule has 4 nitrogen and oxygen atoms in total. The van der Waals surface area contributed by atoms with Gasteiger partial charge < -0.3 is 10.2 Å². The third-order valence-electron chi connectivity index (χ3n) is 4.84. The number of carbonyl (C=O) groups excluding carboxylic acids is 2. The van der Waals surface area contributed by atoms with E-state index in [4.69, 9.17) is 0 Å². The molecule has 5 heteroatoms. The molecule has 0 saturated carbocycles. The highest BCUT2D eigenvalue weighted by Gasteiger charge is 2.33. The zero-order chi connectivity index (χ0) is 19.5. The molecule has 1 aliphatic heterocycles. The summed E-state index contributed by atoms with van der Waals surface area (Å²) in [6.45, 7) is -0.0957. The van der Waals surface area contributed by atoms with Gasteiger partial charge in [-0.1, -0.05) is 60.7 Å². The molecule has 1 unspecified atom stereocenters. The highest BCUT2D eigenvalue weighted by molar-refractivity contribution is 5.97. The first kappa shape index (κ1) is 17.9. The van der Waals surface area contributed by atoms with Gasteiger partial charge in [-0.2, -0.15) is 0 Å². The normalized spacial score (nSPS) is 16.1. The van der Waals surface area contributed by atoms with E-state index in [1.165, 1.54) is 17.0 Å². The molecule has 0 bridgehead atoms. The molecule has 140 valence electrons. The lowest BCUT2D eigenvalue weighted by Crippen LogP contribution is -2.39. The highest BCUT2D eigenvalue weighted by Crippen LogP contribution is 2.36. The van der Waals surface area contributed by atoms with Crippen LogP contribution in [0, 0.1) is 5.82 Å². The summed E-state index contributed by atoms with van der Waals surface area (Å²) in [6, 6.07) is 22.5. The molecule has 0 radical (unpaired) electrons. The van der Waals surface area contributed by atoms with Crippen LogP contribution in [-0.2, 0) is 16.0 Å². The standard InChI is InChI=1S/C23H19FN2O2/c24-18-11-12-20-19(14-18)23(17-9-5-2-6-10-17)26(15-21(27)25-20)22(28)13-16-7-3-1-4-8-16/h1-12,14,23H,13,15H2,(H,25,27). The summed E-state index contributed by atoms with van der Waals surface area (Å²) in [5, 5.41) is 2.80. The minimum Gasteiger partial charge on any atom is -0.324 e. The lowest BCUT2D eigenvalue weighted by molar-refractivity contribution is -0.135. The topological polar surface area (TPSA) is 49.4 Å². The second kappa shape index (κ2) is 7.64. The molecule has 0 aliphatic carbocycles. The summed E-state index contributed by atoms with van der Waals surface area (Å²) >= 11 is 0. The van der Waals surface area contributed by atoms with Gasteiger partial charge in [0.15, 0.2) is 0 Å². The van der Waals surface area contributed by atoms with Crippen LogP contribution in [0.15, 0.2) is 78.9 Å². The van der Waals surface area contributed by atoms with E-state index in [1.54, 1.807) is 6.07 Å². The maximum Gasteiger partial charge on any atom is 0.244 e. The Morgan fingerprint density at radius 2 is 1.68 bits per heavy atom. The number of nitrogens with one attached hydrogen (secondary N) is 1. The predicted molar refractivity (Wildman–Crippen MR) is 105 cm³/mol. The lowest BCUT2D eigenvalue weighted by atomic mass is 9.95. The van der Waals surface area contributed by atoms with Crippen LogP contribution in [0.5, 0.6) is 0 Å². The molecule has 3 aromatic rings. The molecular weight excluding hydrogens is 355 g/mol. The molecule has 1 atom stereocenters. The fourth-order valence-electron chi connectivity index (χ4n) is 3.58. The van der Waals surface area contributed by atoms with E-state index < -0.39 is 11.9 Å². The van der Waals surface area contributed by atoms with Crippen molar-refractivity contribution in [2.45, 2.75) is 12.5 Å². The number of benzene rings is 3. The number of halogens is 1. The van der Waals surface area contributed by atoms with Gasteiger partial charge >= 0.3 is 0 Å². The van der Waals surface area contributed by atoms with E-state index in [1.807, 2.05) is 60.7 Å². The van der Waals surface area contributed by atoms with Crippen LogP contribution in [0.1, 0.15) is 22.7 Å². The molecule has 0 spiro atoms. The Morgan fingerprint density at radius 1 is 1.00 bits per heavy atom. The van der Waals surface area contributed by atoms with Crippen molar-refractivity contribution in [2.24, 2.45) is 0 Å². The fourth-order valence-corrected chi connectivity index (χ4v) is 3.58. The Hall–Kier alpha value is -3.47. The van der Waals surface area contributed by atoms with Gasteiger partial charge in [-0.05, 0) is 29.3 Å². The van der Waals surface area contributed by atoms with E-state index in [0.717, 1.165) is 11.1 Å². The largest absolute Gasteiger partial charge is 0.324 e. The van der Waals surface area contributed by atoms with Gasteiger partial charge in [0, 0.05) is 11.3 Å². The van der Waals surface area contributed by atoms with Crippen molar-refractivity contribution in [1.29, 1.82) is 0 Å². The smallest absolute Gasteiger partial charge is 0.244 e. The molecular formula is C23H19FN2O2. The van der Waals surface area contributed by atoms with Crippen molar-refractivity contribution in [3.05, 3.63) is 101 Å². The van der Waals surface area contributed by atoms with Crippen LogP contribution in [0.2, 0.25) is 0 Å². The summed E-state index contributed by atoms with van der Waals surface area (Å²) in [5.41, 5.74) is 2.78. The first-order valence-electron chi connectivity index (χ1n) is 9.09. The molecule has 3 aromatic carbocycles. The first-order chi connectivity index (χ1) is 13.6. The molecule has 4 rings (SSSR count). The first-order valence-corrected chi connectivity index (χ1v) is 9.09. The molecule has 1 heterocycles. The molecule has 1 aliphatic rings. The summed E-state index contributed by atoms with van der Waals surface area (Å²) in [6.07, 6.45) is 0.169. The number of fused-ring (bicyclic) bond motifs is 1. The van der Waals surface area contributed by atoms with Crippen LogP contribution in [-0.4, -0.2) is 23.3 Å². The summed E-state index contributed by atoms with van der Waals surface area (Å²) in [5.74, 6) is -0.897. The Kier molecular flexibility index (Phi) is 4.89. The van der Waals surface area contributed by atoms with Gasteiger partial charge in [-0.3, -0.25) is 9.59 Å². The maximum atomic E-state index is 14.1. The van der Waals surface area contributed by atoms with Crippen LogP contribution in [0.25, 0.3) is 0 Å². The van der Waals surface area contributed by atoms with Crippen LogP contribution in [0.3, 0.4) is 0 Å². The van der Waals surface area contributed by atoms with Gasteiger partial charge in [0.25, 0.3) is 0 Å². The van der Waals surface area contributed by atoms with Gasteiger partial charge in [0.1, 0.15) is 12.4 Å². The Labute approximate surface area is 162 Å². The number of hydrogen-bond donors (Lipinski definition) is 1. The van der Waals surface area contributed by atoms with Gasteiger partial charge in [0.2, 0.25) is 11.8 Å². The Balaban J connectivity index is 1.80. The summed E-state index contributed by atoms with van der Waals surface area (Å²) in [4.78, 5) is 27.2. The third-order valence-corrected chi connectivity index (χ3v) is 4.84. The van der Waals surface area contributed by atoms with Crippen molar-refractivity contribution in [1.82, 2.24) is 4.90 Å². The van der Waals surface area contributed by atoms with Crippen molar-refractivity contribution in [2.75, 3.05) is 11.9 Å². The number of nitrogens with zero attached hydrogens (tertiary/aromatic N) is 1. The molecule has 0 saturated heterocycles. The average molecular weight is 374 g/mol. The maximum absolute atomic E-state index is 14.1. The van der Waals surface area contributed by atoms with Crippen molar-refractivity contribution in [3.63, 3.8) is 0 Å². The second-order valence-electron chi connectivity index (χ2n) is 6.78. The van der Waals surface area contributed by atoms with E-state index >= 15 is 0 Å². The van der Waals surface area contributed by atoms with Crippen LogP contribution in [0.4, 0.5) is 10.1 Å². The third kappa shape index (κ3) is 3.64. The molecule has 2 amide bonds. The fraction of sp³-hybridized carbons (Fsp3) is 0.130.